The molecule has 8 nitrogen and oxygen atoms in total. The summed E-state index contributed by atoms with van der Waals surface area (Å²) in [5.74, 6) is -1.08. The van der Waals surface area contributed by atoms with Gasteiger partial charge >= 0.3 is 0 Å². The molecule has 0 saturated carbocycles. The molecule has 11 heteroatoms. The number of anilines is 1. The van der Waals surface area contributed by atoms with Gasteiger partial charge in [0, 0.05) is 12.1 Å². The molecule has 3 rings (SSSR count). The van der Waals surface area contributed by atoms with E-state index in [0.717, 1.165) is 34.8 Å². The monoisotopic (exact) mass is 380 g/mol. The van der Waals surface area contributed by atoms with Crippen LogP contribution in [0.15, 0.2) is 45.4 Å². The Hall–Kier alpha value is -2.79. The van der Waals surface area contributed by atoms with Gasteiger partial charge in [-0.05, 0) is 17.5 Å². The summed E-state index contributed by atoms with van der Waals surface area (Å²) in [6.45, 7) is 0. The second kappa shape index (κ2) is 7.40. The molecule has 0 aliphatic carbocycles. The van der Waals surface area contributed by atoms with Crippen molar-refractivity contribution in [3.8, 4) is 10.8 Å². The summed E-state index contributed by atoms with van der Waals surface area (Å²) in [5, 5.41) is 22.7. The van der Waals surface area contributed by atoms with Crippen molar-refractivity contribution in [1.29, 1.82) is 0 Å². The Morgan fingerprint density at radius 1 is 1.40 bits per heavy atom. The predicted octanol–water partition coefficient (Wildman–Crippen LogP) is 3.58. The molecule has 0 saturated heterocycles. The molecule has 128 valence electrons. The van der Waals surface area contributed by atoms with Gasteiger partial charge in [0.25, 0.3) is 16.8 Å². The Morgan fingerprint density at radius 2 is 2.24 bits per heavy atom. The van der Waals surface area contributed by atoms with E-state index in [9.17, 15) is 19.3 Å². The van der Waals surface area contributed by atoms with Crippen LogP contribution in [-0.2, 0) is 4.79 Å². The van der Waals surface area contributed by atoms with Crippen LogP contribution in [0.25, 0.3) is 10.8 Å². The number of carbonyl (C=O) groups is 1. The third kappa shape index (κ3) is 4.19. The second-order valence-electron chi connectivity index (χ2n) is 4.61. The molecule has 1 N–H and O–H groups in total. The number of carbonyl (C=O) groups excluding carboxylic acids is 1. The minimum absolute atomic E-state index is 0.117. The zero-order chi connectivity index (χ0) is 17.8. The van der Waals surface area contributed by atoms with Crippen LogP contribution in [0, 0.1) is 15.9 Å². The van der Waals surface area contributed by atoms with Crippen LogP contribution < -0.4 is 5.32 Å². The van der Waals surface area contributed by atoms with E-state index in [2.05, 4.69) is 15.5 Å². The van der Waals surface area contributed by atoms with Gasteiger partial charge in [-0.15, -0.1) is 21.5 Å². The highest BCUT2D eigenvalue weighted by atomic mass is 32.2. The van der Waals surface area contributed by atoms with Gasteiger partial charge in [-0.2, -0.15) is 0 Å². The Bertz CT molecular complexity index is 913. The summed E-state index contributed by atoms with van der Waals surface area (Å²) in [5.41, 5.74) is -0.577. The largest absolute Gasteiger partial charge is 0.410 e. The molecule has 1 amide bonds. The fraction of sp³-hybridized carbons (Fsp3) is 0.0714. The number of nitro benzene ring substituents is 1. The molecule has 0 unspecified atom stereocenters. The first kappa shape index (κ1) is 17.0. The van der Waals surface area contributed by atoms with Crippen LogP contribution >= 0.6 is 23.1 Å². The Labute approximate surface area is 148 Å². The van der Waals surface area contributed by atoms with Crippen molar-refractivity contribution < 1.29 is 18.5 Å². The first-order valence-electron chi connectivity index (χ1n) is 6.77. The van der Waals surface area contributed by atoms with Gasteiger partial charge in [0.05, 0.1) is 21.2 Å². The van der Waals surface area contributed by atoms with Crippen molar-refractivity contribution in [2.45, 2.75) is 5.22 Å². The number of halogens is 1. The number of nitrogens with one attached hydrogen (secondary N) is 1. The molecule has 3 aromatic rings. The van der Waals surface area contributed by atoms with Gasteiger partial charge in [0.2, 0.25) is 5.91 Å². The average molecular weight is 380 g/mol. The molecule has 0 atom stereocenters. The second-order valence-corrected chi connectivity index (χ2v) is 6.48. The Morgan fingerprint density at radius 3 is 2.96 bits per heavy atom. The van der Waals surface area contributed by atoms with Crippen LogP contribution in [0.2, 0.25) is 0 Å². The van der Waals surface area contributed by atoms with Crippen molar-refractivity contribution in [2.75, 3.05) is 11.1 Å². The fourth-order valence-electron chi connectivity index (χ4n) is 1.80. The molecule has 0 spiro atoms. The lowest BCUT2D eigenvalue weighted by Crippen LogP contribution is -2.15. The lowest BCUT2D eigenvalue weighted by Gasteiger charge is -2.05. The molecule has 0 bridgehead atoms. The van der Waals surface area contributed by atoms with Crippen LogP contribution in [0.1, 0.15) is 0 Å². The zero-order valence-corrected chi connectivity index (χ0v) is 14.0. The van der Waals surface area contributed by atoms with Gasteiger partial charge in [0.1, 0.15) is 5.82 Å². The summed E-state index contributed by atoms with van der Waals surface area (Å²) in [6.07, 6.45) is 0. The molecule has 2 aromatic heterocycles. The smallest absolute Gasteiger partial charge is 0.277 e. The number of thioether (sulfide) groups is 1. The minimum Gasteiger partial charge on any atom is -0.410 e. The summed E-state index contributed by atoms with van der Waals surface area (Å²) < 4.78 is 19.0. The third-order valence-corrected chi connectivity index (χ3v) is 4.58. The molecule has 2 heterocycles. The van der Waals surface area contributed by atoms with Gasteiger partial charge in [-0.3, -0.25) is 14.9 Å². The maximum absolute atomic E-state index is 13.6. The molecule has 25 heavy (non-hydrogen) atoms. The average Bonchev–Trinajstić information content (AvgIpc) is 3.26. The van der Waals surface area contributed by atoms with Gasteiger partial charge in [-0.1, -0.05) is 17.8 Å². The molecular weight excluding hydrogens is 371 g/mol. The predicted molar refractivity (Wildman–Crippen MR) is 90.0 cm³/mol. The number of benzene rings is 1. The van der Waals surface area contributed by atoms with E-state index in [1.54, 1.807) is 0 Å². The number of amides is 1. The van der Waals surface area contributed by atoms with E-state index in [4.69, 9.17) is 4.42 Å². The summed E-state index contributed by atoms with van der Waals surface area (Å²) >= 11 is 2.42. The number of hydrogen-bond acceptors (Lipinski definition) is 8. The first-order valence-corrected chi connectivity index (χ1v) is 8.63. The molecule has 1 aromatic carbocycles. The van der Waals surface area contributed by atoms with Gasteiger partial charge in [-0.25, -0.2) is 4.39 Å². The zero-order valence-electron chi connectivity index (χ0n) is 12.3. The normalized spacial score (nSPS) is 10.6. The first-order chi connectivity index (χ1) is 12.0. The quantitative estimate of drug-likeness (QED) is 0.395. The lowest BCUT2D eigenvalue weighted by molar-refractivity contribution is -0.384. The van der Waals surface area contributed by atoms with Crippen molar-refractivity contribution >= 4 is 40.4 Å². The maximum Gasteiger partial charge on any atom is 0.277 e. The Kier molecular flexibility index (Phi) is 5.05. The summed E-state index contributed by atoms with van der Waals surface area (Å²) in [6, 6.07) is 6.57. The van der Waals surface area contributed by atoms with Crippen LogP contribution in [0.5, 0.6) is 0 Å². The highest BCUT2D eigenvalue weighted by molar-refractivity contribution is 7.99. The van der Waals surface area contributed by atoms with Crippen LogP contribution in [0.4, 0.5) is 15.8 Å². The molecule has 0 fully saturated rings. The molecule has 0 aliphatic rings. The van der Waals surface area contributed by atoms with E-state index in [0.29, 0.717) is 5.89 Å². The molecule has 0 aliphatic heterocycles. The number of non-ortho nitro benzene ring substituents is 1. The minimum atomic E-state index is -0.762. The number of rotatable bonds is 6. The van der Waals surface area contributed by atoms with E-state index in [-0.39, 0.29) is 22.4 Å². The van der Waals surface area contributed by atoms with Crippen LogP contribution in [-0.4, -0.2) is 26.8 Å². The summed E-state index contributed by atoms with van der Waals surface area (Å²) in [7, 11) is 0. The van der Waals surface area contributed by atoms with E-state index >= 15 is 0 Å². The van der Waals surface area contributed by atoms with Crippen molar-refractivity contribution in [3.63, 3.8) is 0 Å². The van der Waals surface area contributed by atoms with E-state index < -0.39 is 16.6 Å². The molecule has 0 radical (unpaired) electrons. The van der Waals surface area contributed by atoms with Crippen LogP contribution in [0.3, 0.4) is 0 Å². The summed E-state index contributed by atoms with van der Waals surface area (Å²) in [4.78, 5) is 22.7. The number of nitro groups is 1. The topological polar surface area (TPSA) is 111 Å². The van der Waals surface area contributed by atoms with Gasteiger partial charge < -0.3 is 9.73 Å². The standard InChI is InChI=1S/C14H9FN4O4S2/c15-9-4-3-8(19(21)22)6-10(9)16-12(20)7-25-14-18-17-13(23-14)11-2-1-5-24-11/h1-6H,7H2,(H,16,20). The lowest BCUT2D eigenvalue weighted by atomic mass is 10.2. The number of thiophene rings is 1. The van der Waals surface area contributed by atoms with Crippen molar-refractivity contribution in [2.24, 2.45) is 0 Å². The van der Waals surface area contributed by atoms with Crippen molar-refractivity contribution in [1.82, 2.24) is 10.2 Å². The maximum atomic E-state index is 13.6. The van der Waals surface area contributed by atoms with E-state index in [1.807, 2.05) is 17.5 Å². The third-order valence-electron chi connectivity index (χ3n) is 2.90. The Balaban J connectivity index is 1.60. The number of hydrogen-bond donors (Lipinski definition) is 1. The fourth-order valence-corrected chi connectivity index (χ4v) is 3.01. The van der Waals surface area contributed by atoms with Crippen molar-refractivity contribution in [3.05, 3.63) is 51.6 Å². The van der Waals surface area contributed by atoms with E-state index in [1.165, 1.54) is 11.3 Å². The molecular formula is C14H9FN4O4S2. The number of nitrogens with zero attached hydrogens (tertiary/aromatic N) is 3. The SMILES string of the molecule is O=C(CSc1nnc(-c2cccs2)o1)Nc1cc([N+](=O)[O-])ccc1F. The highest BCUT2D eigenvalue weighted by Gasteiger charge is 2.15. The highest BCUT2D eigenvalue weighted by Crippen LogP contribution is 2.27. The van der Waals surface area contributed by atoms with Gasteiger partial charge in [0.15, 0.2) is 0 Å². The number of aromatic nitrogens is 2.